The third-order valence-corrected chi connectivity index (χ3v) is 9.14. The van der Waals surface area contributed by atoms with E-state index in [1.165, 1.54) is 11.8 Å². The smallest absolute Gasteiger partial charge is 0.301 e. The van der Waals surface area contributed by atoms with Crippen LogP contribution in [0.5, 0.6) is 11.5 Å². The van der Waals surface area contributed by atoms with Crippen LogP contribution in [0, 0.1) is 20.8 Å². The quantitative estimate of drug-likeness (QED) is 0.0840. The third kappa shape index (κ3) is 5.32. The lowest BCUT2D eigenvalue weighted by molar-refractivity contribution is -0.132. The molecule has 6 rings (SSSR count). The molecule has 4 heterocycles. The number of aliphatic hydroxyl groups is 1. The summed E-state index contributed by atoms with van der Waals surface area (Å²) in [6.45, 7) is 9.27. The van der Waals surface area contributed by atoms with E-state index in [-0.39, 0.29) is 22.2 Å². The molecule has 0 radical (unpaired) electrons. The van der Waals surface area contributed by atoms with Crippen molar-refractivity contribution >= 4 is 45.3 Å². The molecule has 1 aliphatic rings. The molecule has 11 heteroatoms. The van der Waals surface area contributed by atoms with Crippen LogP contribution in [0.25, 0.3) is 11.4 Å². The predicted octanol–water partition coefficient (Wildman–Crippen LogP) is 6.52. The van der Waals surface area contributed by atoms with E-state index in [1.807, 2.05) is 66.9 Å². The molecular formula is C35H32N4O6S. The second-order valence-electron chi connectivity index (χ2n) is 11.0. The molecule has 1 saturated heterocycles. The zero-order chi connectivity index (χ0) is 32.7. The van der Waals surface area contributed by atoms with E-state index in [4.69, 9.17) is 9.47 Å². The number of nitrogens with zero attached hydrogens (tertiary/aromatic N) is 4. The fourth-order valence-corrected chi connectivity index (χ4v) is 6.64. The maximum Gasteiger partial charge on any atom is 0.301 e. The number of amides is 1. The van der Waals surface area contributed by atoms with E-state index in [0.29, 0.717) is 52.2 Å². The van der Waals surface area contributed by atoms with Crippen molar-refractivity contribution in [1.82, 2.24) is 14.4 Å². The fraction of sp³-hybridized carbons (Fsp3) is 0.229. The number of thiazole rings is 1. The number of hydrogen-bond donors (Lipinski definition) is 1. The Morgan fingerprint density at radius 2 is 1.74 bits per heavy atom. The fourth-order valence-electron chi connectivity index (χ4n) is 5.65. The molecule has 5 aromatic rings. The first-order valence-electron chi connectivity index (χ1n) is 14.8. The Hall–Kier alpha value is -5.29. The number of aliphatic hydroxyl groups excluding tert-OH is 1. The SMILES string of the molecule is CCOc1cc(C2C(=C(O)c3nc4c(C)cccn4c3C)C(=O)C(=O)N2c2nc(C)c(C(C)=O)s2)ccc1OCc1ccccc1. The molecule has 0 bridgehead atoms. The normalized spacial score (nSPS) is 15.9. The third-order valence-electron chi connectivity index (χ3n) is 7.88. The number of fused-ring (bicyclic) bond motifs is 1. The van der Waals surface area contributed by atoms with E-state index in [9.17, 15) is 19.5 Å². The van der Waals surface area contributed by atoms with Gasteiger partial charge in [-0.15, -0.1) is 0 Å². The minimum Gasteiger partial charge on any atom is -0.505 e. The van der Waals surface area contributed by atoms with Crippen molar-refractivity contribution in [2.24, 2.45) is 0 Å². The highest BCUT2D eigenvalue weighted by Gasteiger charge is 2.49. The zero-order valence-corrected chi connectivity index (χ0v) is 26.8. The highest BCUT2D eigenvalue weighted by Crippen LogP contribution is 2.46. The standard InChI is InChI=1S/C35H32N4O6S/c1-6-44-26-17-24(14-15-25(26)45-18-23-12-8-7-9-13-23)29-27(30(41)28-21(4)38-16-10-11-19(2)33(38)37-28)31(42)34(43)39(29)35-36-20(3)32(46-35)22(5)40/h7-17,29,41H,6,18H2,1-5H3. The number of pyridine rings is 1. The van der Waals surface area contributed by atoms with Gasteiger partial charge in [-0.1, -0.05) is 53.8 Å². The van der Waals surface area contributed by atoms with E-state index in [2.05, 4.69) is 9.97 Å². The molecule has 2 aromatic carbocycles. The molecule has 0 spiro atoms. The molecule has 3 aromatic heterocycles. The van der Waals surface area contributed by atoms with Gasteiger partial charge in [-0.25, -0.2) is 9.97 Å². The highest BCUT2D eigenvalue weighted by molar-refractivity contribution is 7.18. The van der Waals surface area contributed by atoms with Gasteiger partial charge >= 0.3 is 5.91 Å². The average Bonchev–Trinajstić information content (AvgIpc) is 3.68. The van der Waals surface area contributed by atoms with E-state index >= 15 is 0 Å². The molecule has 46 heavy (non-hydrogen) atoms. The van der Waals surface area contributed by atoms with Gasteiger partial charge in [0.2, 0.25) is 0 Å². The van der Waals surface area contributed by atoms with Gasteiger partial charge in [0.05, 0.1) is 34.5 Å². The van der Waals surface area contributed by atoms with Crippen LogP contribution in [-0.4, -0.2) is 43.6 Å². The minimum absolute atomic E-state index is 0.146. The number of imidazole rings is 1. The molecule has 1 N–H and O–H groups in total. The summed E-state index contributed by atoms with van der Waals surface area (Å²) in [7, 11) is 0. The Morgan fingerprint density at radius 3 is 2.41 bits per heavy atom. The van der Waals surface area contributed by atoms with Crippen LogP contribution in [0.15, 0.2) is 72.4 Å². The average molecular weight is 637 g/mol. The summed E-state index contributed by atoms with van der Waals surface area (Å²) in [5.74, 6) is -1.51. The van der Waals surface area contributed by atoms with Gasteiger partial charge in [-0.2, -0.15) is 0 Å². The number of carbonyl (C=O) groups excluding carboxylic acids is 3. The van der Waals surface area contributed by atoms with E-state index in [1.54, 1.807) is 32.0 Å². The van der Waals surface area contributed by atoms with Gasteiger partial charge in [0, 0.05) is 13.1 Å². The monoisotopic (exact) mass is 636 g/mol. The summed E-state index contributed by atoms with van der Waals surface area (Å²) in [5.41, 5.74) is 4.03. The van der Waals surface area contributed by atoms with Crippen molar-refractivity contribution in [2.45, 2.75) is 47.3 Å². The first-order chi connectivity index (χ1) is 22.1. The van der Waals surface area contributed by atoms with Gasteiger partial charge in [0.15, 0.2) is 28.2 Å². The topological polar surface area (TPSA) is 123 Å². The molecule has 0 saturated carbocycles. The zero-order valence-electron chi connectivity index (χ0n) is 26.0. The van der Waals surface area contributed by atoms with Gasteiger partial charge in [-0.3, -0.25) is 19.3 Å². The maximum atomic E-state index is 13.9. The number of ether oxygens (including phenoxy) is 2. The van der Waals surface area contributed by atoms with E-state index in [0.717, 1.165) is 22.5 Å². The number of hydrogen-bond acceptors (Lipinski definition) is 9. The largest absolute Gasteiger partial charge is 0.505 e. The van der Waals surface area contributed by atoms with Crippen molar-refractivity contribution in [2.75, 3.05) is 11.5 Å². The molecule has 1 unspecified atom stereocenters. The lowest BCUT2D eigenvalue weighted by Crippen LogP contribution is -2.29. The van der Waals surface area contributed by atoms with Crippen molar-refractivity contribution in [3.8, 4) is 11.5 Å². The summed E-state index contributed by atoms with van der Waals surface area (Å²) < 4.78 is 13.9. The van der Waals surface area contributed by atoms with Crippen molar-refractivity contribution in [1.29, 1.82) is 0 Å². The van der Waals surface area contributed by atoms with Crippen molar-refractivity contribution in [3.63, 3.8) is 0 Å². The number of aromatic nitrogens is 3. The molecule has 234 valence electrons. The van der Waals surface area contributed by atoms with Gasteiger partial charge in [0.1, 0.15) is 17.9 Å². The Labute approximate surface area is 269 Å². The lowest BCUT2D eigenvalue weighted by atomic mass is 9.96. The second kappa shape index (κ2) is 12.2. The number of rotatable bonds is 9. The molecule has 1 fully saturated rings. The lowest BCUT2D eigenvalue weighted by Gasteiger charge is -2.24. The molecule has 1 aliphatic heterocycles. The van der Waals surface area contributed by atoms with Gasteiger partial charge in [-0.05, 0) is 62.6 Å². The number of ketones is 2. The summed E-state index contributed by atoms with van der Waals surface area (Å²) in [4.78, 5) is 50.8. The Bertz CT molecular complexity index is 2040. The van der Waals surface area contributed by atoms with Crippen LogP contribution < -0.4 is 14.4 Å². The number of carbonyl (C=O) groups is 3. The van der Waals surface area contributed by atoms with E-state index < -0.39 is 23.5 Å². The van der Waals surface area contributed by atoms with Crippen LogP contribution in [0.4, 0.5) is 5.13 Å². The summed E-state index contributed by atoms with van der Waals surface area (Å²) in [6, 6.07) is 17.5. The van der Waals surface area contributed by atoms with Gasteiger partial charge < -0.3 is 19.0 Å². The Morgan fingerprint density at radius 1 is 0.978 bits per heavy atom. The molecule has 0 aliphatic carbocycles. The Kier molecular flexibility index (Phi) is 8.18. The minimum atomic E-state index is -1.10. The summed E-state index contributed by atoms with van der Waals surface area (Å²) in [6.07, 6.45) is 1.82. The highest BCUT2D eigenvalue weighted by atomic mass is 32.1. The first kappa shape index (κ1) is 30.7. The van der Waals surface area contributed by atoms with Gasteiger partial charge in [0.25, 0.3) is 5.78 Å². The van der Waals surface area contributed by atoms with Crippen LogP contribution in [-0.2, 0) is 16.2 Å². The number of anilines is 1. The van der Waals surface area contributed by atoms with Crippen molar-refractivity contribution in [3.05, 3.63) is 111 Å². The van der Waals surface area contributed by atoms with Crippen molar-refractivity contribution < 1.29 is 29.0 Å². The maximum absolute atomic E-state index is 13.9. The van der Waals surface area contributed by atoms with Crippen LogP contribution in [0.2, 0.25) is 0 Å². The molecule has 1 amide bonds. The number of benzene rings is 2. The van der Waals surface area contributed by atoms with Crippen LogP contribution >= 0.6 is 11.3 Å². The van der Waals surface area contributed by atoms with Crippen LogP contribution in [0.1, 0.15) is 63.3 Å². The molecular weight excluding hydrogens is 604 g/mol. The predicted molar refractivity (Wildman–Crippen MR) is 175 cm³/mol. The molecule has 1 atom stereocenters. The first-order valence-corrected chi connectivity index (χ1v) is 15.6. The van der Waals surface area contributed by atoms with Crippen LogP contribution in [0.3, 0.4) is 0 Å². The summed E-state index contributed by atoms with van der Waals surface area (Å²) >= 11 is 1.02. The number of aryl methyl sites for hydroxylation is 3. The Balaban J connectivity index is 1.53. The molecule has 10 nitrogen and oxygen atoms in total. The second-order valence-corrected chi connectivity index (χ2v) is 12.0. The number of Topliss-reactive ketones (excluding diaryl/α,β-unsaturated/α-hetero) is 2. The summed E-state index contributed by atoms with van der Waals surface area (Å²) in [5, 5.41) is 12.0.